The predicted molar refractivity (Wildman–Crippen MR) is 234 cm³/mol. The van der Waals surface area contributed by atoms with Crippen molar-refractivity contribution in [3.8, 4) is 57.0 Å². The molecule has 0 aliphatic rings. The molecule has 0 amide bonds. The maximum Gasteiger partial charge on any atom is 0.268 e. The first-order valence-corrected chi connectivity index (χ1v) is 18.8. The van der Waals surface area contributed by atoms with Gasteiger partial charge in [0, 0.05) is 50.3 Å². The number of para-hydroxylation sites is 4. The Labute approximate surface area is 377 Å². The van der Waals surface area contributed by atoms with Gasteiger partial charge in [-0.1, -0.05) is 147 Å². The molecule has 0 aliphatic carbocycles. The van der Waals surface area contributed by atoms with E-state index in [9.17, 15) is 5.26 Å². The van der Waals surface area contributed by atoms with Crippen LogP contribution < -0.4 is 9.30 Å². The van der Waals surface area contributed by atoms with Crippen LogP contribution in [0.3, 0.4) is 0 Å². The predicted octanol–water partition coefficient (Wildman–Crippen LogP) is 12.1. The zero-order valence-corrected chi connectivity index (χ0v) is 34.6. The molecule has 3 aromatic heterocycles. The summed E-state index contributed by atoms with van der Waals surface area (Å²) in [5, 5.41) is 12.2. The van der Waals surface area contributed by atoms with Gasteiger partial charge in [-0.05, 0) is 68.1 Å². The average Bonchev–Trinajstić information content (AvgIpc) is 3.89. The maximum absolute atomic E-state index is 10.5. The summed E-state index contributed by atoms with van der Waals surface area (Å²) in [6, 6.07) is 34.3. The molecule has 3 heterocycles. The van der Waals surface area contributed by atoms with Crippen molar-refractivity contribution in [1.82, 2.24) is 14.1 Å². The van der Waals surface area contributed by atoms with Gasteiger partial charge < -0.3 is 13.9 Å². The van der Waals surface area contributed by atoms with Crippen LogP contribution in [0.15, 0.2) is 170 Å². The first-order chi connectivity index (χ1) is 33.0. The van der Waals surface area contributed by atoms with Gasteiger partial charge in [0.2, 0.25) is 0 Å². The summed E-state index contributed by atoms with van der Waals surface area (Å²) in [6.07, 6.45) is 5.15. The summed E-state index contributed by atoms with van der Waals surface area (Å²) in [7, 11) is 0. The van der Waals surface area contributed by atoms with E-state index in [1.165, 1.54) is 0 Å². The Morgan fingerprint density at radius 2 is 1.40 bits per heavy atom. The van der Waals surface area contributed by atoms with Gasteiger partial charge in [0.15, 0.2) is 0 Å². The fourth-order valence-corrected chi connectivity index (χ4v) is 7.43. The molecule has 0 fully saturated rings. The van der Waals surface area contributed by atoms with Crippen LogP contribution in [0.4, 0.5) is 0 Å². The van der Waals surface area contributed by atoms with Gasteiger partial charge >= 0.3 is 0 Å². The number of imidazole rings is 1. The van der Waals surface area contributed by atoms with E-state index in [0.29, 0.717) is 28.1 Å². The van der Waals surface area contributed by atoms with Crippen molar-refractivity contribution in [2.75, 3.05) is 0 Å². The van der Waals surface area contributed by atoms with Gasteiger partial charge in [-0.2, -0.15) is 12.1 Å². The number of ether oxygens (including phenoxy) is 1. The number of pyridine rings is 1. The van der Waals surface area contributed by atoms with Crippen molar-refractivity contribution >= 4 is 32.8 Å². The van der Waals surface area contributed by atoms with E-state index in [4.69, 9.17) is 23.4 Å². The molecule has 7 aromatic carbocycles. The van der Waals surface area contributed by atoms with Crippen LogP contribution in [0, 0.1) is 29.8 Å². The van der Waals surface area contributed by atoms with Crippen molar-refractivity contribution < 1.29 is 44.1 Å². The second-order valence-electron chi connectivity index (χ2n) is 14.9. The topological polar surface area (TPSA) is 59.6 Å². The Hall–Kier alpha value is -7.06. The Bertz CT molecular complexity index is 3710. The number of benzene rings is 7. The van der Waals surface area contributed by atoms with E-state index >= 15 is 0 Å². The van der Waals surface area contributed by atoms with E-state index < -0.39 is 60.4 Å². The zero-order valence-electron chi connectivity index (χ0n) is 42.4. The third-order valence-electron chi connectivity index (χ3n) is 10.2. The van der Waals surface area contributed by atoms with Crippen LogP contribution in [0.5, 0.6) is 11.5 Å². The fourth-order valence-electron chi connectivity index (χ4n) is 7.43. The van der Waals surface area contributed by atoms with Gasteiger partial charge in [0.25, 0.3) is 6.33 Å². The smallest absolute Gasteiger partial charge is 0.268 e. The molecule has 0 bridgehead atoms. The summed E-state index contributed by atoms with van der Waals surface area (Å²) in [6.45, 7) is 6.41. The second kappa shape index (κ2) is 15.6. The van der Waals surface area contributed by atoms with Crippen LogP contribution in [0.2, 0.25) is 0 Å². The van der Waals surface area contributed by atoms with Crippen LogP contribution >= 0.6 is 0 Å². The number of fused-ring (bicyclic) bond motifs is 4. The van der Waals surface area contributed by atoms with Crippen LogP contribution in [-0.2, 0) is 26.5 Å². The molecule has 0 saturated carbocycles. The number of aromatic nitrogens is 4. The molecule has 0 aliphatic heterocycles. The zero-order chi connectivity index (χ0) is 48.8. The maximum atomic E-state index is 10.5. The van der Waals surface area contributed by atoms with Crippen LogP contribution in [-0.4, -0.2) is 14.1 Å². The largest absolute Gasteiger partial charge is 0.508 e. The fraction of sp³-hybridized carbons (Fsp3) is 0.0755. The minimum Gasteiger partial charge on any atom is -0.508 e. The van der Waals surface area contributed by atoms with Crippen molar-refractivity contribution in [3.05, 3.63) is 199 Å². The van der Waals surface area contributed by atoms with Gasteiger partial charge in [0.1, 0.15) is 5.82 Å². The first-order valence-electron chi connectivity index (χ1n) is 23.8. The third-order valence-corrected chi connectivity index (χ3v) is 10.2. The first kappa shape index (κ1) is 28.4. The van der Waals surface area contributed by atoms with Crippen LogP contribution in [0.1, 0.15) is 45.6 Å². The monoisotopic (exact) mass is 964 g/mol. The summed E-state index contributed by atoms with van der Waals surface area (Å²) in [4.78, 5) is 4.77. The van der Waals surface area contributed by atoms with Gasteiger partial charge in [-0.3, -0.25) is 4.57 Å². The van der Waals surface area contributed by atoms with Crippen molar-refractivity contribution in [3.63, 3.8) is 0 Å². The molecule has 0 N–H and O–H groups in total. The summed E-state index contributed by atoms with van der Waals surface area (Å²) < 4.78 is 98.6. The van der Waals surface area contributed by atoms with E-state index in [1.54, 1.807) is 69.9 Å². The van der Waals surface area contributed by atoms with Crippen molar-refractivity contribution in [1.29, 1.82) is 5.26 Å². The van der Waals surface area contributed by atoms with Crippen molar-refractivity contribution in [2.24, 2.45) is 0 Å². The number of rotatable bonds is 7. The molecule has 0 radical (unpaired) electrons. The van der Waals surface area contributed by atoms with E-state index in [0.717, 1.165) is 21.9 Å². The van der Waals surface area contributed by atoms with E-state index in [-0.39, 0.29) is 71.5 Å². The molecule has 0 spiro atoms. The van der Waals surface area contributed by atoms with Gasteiger partial charge in [-0.25, -0.2) is 10.2 Å². The molecule has 10 aromatic rings. The molecule has 7 heteroatoms. The number of hydrogen-bond donors (Lipinski definition) is 0. The second-order valence-corrected chi connectivity index (χ2v) is 14.9. The molecule has 0 unspecified atom stereocenters. The molecule has 60 heavy (non-hydrogen) atoms. The molecule has 0 saturated heterocycles. The van der Waals surface area contributed by atoms with E-state index in [1.807, 2.05) is 47.0 Å². The molecule has 0 atom stereocenters. The normalized spacial score (nSPS) is 13.8. The Balaban J connectivity index is 0.00000608. The average molecular weight is 965 g/mol. The number of nitrogens with zero attached hydrogens (tertiary/aromatic N) is 5. The Kier molecular flexibility index (Phi) is 7.38. The molecular formula is C53H37N5OPt-2. The summed E-state index contributed by atoms with van der Waals surface area (Å²) in [5.74, 6) is 1.06. The Morgan fingerprint density at radius 3 is 2.10 bits per heavy atom. The quantitative estimate of drug-likeness (QED) is 0.118. The minimum atomic E-state index is -0.588. The number of nitriles is 1. The number of hydrogen-bond acceptors (Lipinski definition) is 3. The molecule has 10 rings (SSSR count). The summed E-state index contributed by atoms with van der Waals surface area (Å²) in [5.41, 5.74) is 4.24. The van der Waals surface area contributed by atoms with E-state index in [2.05, 4.69) is 51.4 Å². The van der Waals surface area contributed by atoms with Crippen molar-refractivity contribution in [2.45, 2.75) is 26.2 Å². The van der Waals surface area contributed by atoms with Crippen LogP contribution in [0.25, 0.3) is 72.3 Å². The summed E-state index contributed by atoms with van der Waals surface area (Å²) >= 11 is 0. The SMILES string of the molecule is [2H]c1c([2H])c([2H])c(-c2cccc(-c3c([2H])c([2H])c([2H])c([2H])c3[2H])c2-[n+]2[c-]n(-c3[c-]c(Oc4[c-]c5c(cc4C#N)c4ccccc4n5-c4cc(C(C)(C)C)ccn4)ccc3)c3ccccc32)c([2H])c1[2H].[Pt]. The Morgan fingerprint density at radius 1 is 0.733 bits per heavy atom. The third kappa shape index (κ3) is 6.77. The van der Waals surface area contributed by atoms with Gasteiger partial charge in [0.05, 0.1) is 30.4 Å². The standard InChI is InChI=1S/C53H37N5O.Pt/c1-53(2,3)39-28-29-55-51(31-39)58-46-25-11-10-22-44(46)45-30-38(34-54)50(33-49(45)58)59-41-21-14-20-40(32-41)56-35-57(48-27-13-12-26-47(48)56)52-42(36-16-6-4-7-17-36)23-15-24-43(52)37-18-8-5-9-19-37;/h4-31H,1-3H3;/q-2;/i4D,5D,6D,7D,8D,9D,16D,17D,18D,19D;. The van der Waals surface area contributed by atoms with Gasteiger partial charge in [-0.15, -0.1) is 29.7 Å². The minimum absolute atomic E-state index is 0. The molecule has 292 valence electrons. The molecule has 6 nitrogen and oxygen atoms in total. The molecular weight excluding hydrogens is 918 g/mol.